The predicted octanol–water partition coefficient (Wildman–Crippen LogP) is 0.963. The van der Waals surface area contributed by atoms with Crippen molar-refractivity contribution in [2.75, 3.05) is 0 Å². The van der Waals surface area contributed by atoms with Gasteiger partial charge in [-0.2, -0.15) is 0 Å². The first-order valence-corrected chi connectivity index (χ1v) is 6.17. The number of aryl methyl sites for hydroxylation is 1. The minimum Gasteiger partial charge on any atom is -0.480 e. The summed E-state index contributed by atoms with van der Waals surface area (Å²) in [5.41, 5.74) is 2.15. The van der Waals surface area contributed by atoms with Crippen molar-refractivity contribution >= 4 is 11.9 Å². The summed E-state index contributed by atoms with van der Waals surface area (Å²) in [7, 11) is 0. The van der Waals surface area contributed by atoms with E-state index in [2.05, 4.69) is 9.97 Å². The van der Waals surface area contributed by atoms with Crippen molar-refractivity contribution < 1.29 is 19.1 Å². The maximum Gasteiger partial charge on any atom is 0.326 e. The second-order valence-electron chi connectivity index (χ2n) is 4.75. The van der Waals surface area contributed by atoms with Gasteiger partial charge >= 0.3 is 5.97 Å². The number of furan rings is 1. The smallest absolute Gasteiger partial charge is 0.326 e. The topological polar surface area (TPSA) is 99.4 Å². The molecule has 7 heteroatoms. The van der Waals surface area contributed by atoms with Crippen LogP contribution in [-0.2, 0) is 17.8 Å². The second-order valence-corrected chi connectivity index (χ2v) is 4.75. The molecule has 1 unspecified atom stereocenters. The molecule has 0 fully saturated rings. The second kappa shape index (κ2) is 4.52. The molecule has 0 saturated carbocycles. The first-order valence-electron chi connectivity index (χ1n) is 6.17. The van der Waals surface area contributed by atoms with Crippen LogP contribution in [0.1, 0.15) is 27.5 Å². The summed E-state index contributed by atoms with van der Waals surface area (Å²) in [6.07, 6.45) is 3.12. The number of nitrogens with one attached hydrogen (secondary N) is 1. The molecule has 20 heavy (non-hydrogen) atoms. The molecular formula is C13H13N3O4. The molecule has 0 spiro atoms. The molecule has 0 radical (unpaired) electrons. The number of carbonyl (C=O) groups is 2. The number of nitrogens with zero attached hydrogens (tertiary/aromatic N) is 2. The van der Waals surface area contributed by atoms with Gasteiger partial charge in [0.15, 0.2) is 5.76 Å². The Balaban J connectivity index is 1.96. The molecule has 0 bridgehead atoms. The fraction of sp³-hybridized carbons (Fsp3) is 0.308. The Morgan fingerprint density at radius 2 is 2.35 bits per heavy atom. The number of carbonyl (C=O) groups excluding carboxylic acids is 1. The first kappa shape index (κ1) is 12.5. The molecule has 2 aromatic rings. The van der Waals surface area contributed by atoms with Crippen LogP contribution in [-0.4, -0.2) is 37.9 Å². The lowest BCUT2D eigenvalue weighted by atomic mass is 10.0. The highest BCUT2D eigenvalue weighted by Gasteiger charge is 2.37. The van der Waals surface area contributed by atoms with Crippen LogP contribution >= 0.6 is 0 Å². The SMILES string of the molecule is Cc1ccoc1C(=O)N1Cc2[nH]cnc2CC1C(=O)O. The first-order chi connectivity index (χ1) is 9.58. The summed E-state index contributed by atoms with van der Waals surface area (Å²) in [6.45, 7) is 1.93. The number of H-pyrrole nitrogens is 1. The van der Waals surface area contributed by atoms with E-state index < -0.39 is 17.9 Å². The van der Waals surface area contributed by atoms with Gasteiger partial charge < -0.3 is 19.4 Å². The number of carboxylic acid groups (broad SMARTS) is 1. The molecule has 1 aliphatic heterocycles. The summed E-state index contributed by atoms with van der Waals surface area (Å²) in [6, 6.07) is 0.747. The number of fused-ring (bicyclic) bond motifs is 1. The van der Waals surface area contributed by atoms with Gasteiger partial charge in [0.25, 0.3) is 5.91 Å². The van der Waals surface area contributed by atoms with Crippen molar-refractivity contribution in [3.8, 4) is 0 Å². The van der Waals surface area contributed by atoms with Crippen molar-refractivity contribution in [1.29, 1.82) is 0 Å². The van der Waals surface area contributed by atoms with Gasteiger partial charge in [-0.3, -0.25) is 4.79 Å². The van der Waals surface area contributed by atoms with Gasteiger partial charge in [0.05, 0.1) is 30.5 Å². The van der Waals surface area contributed by atoms with Gasteiger partial charge in [0, 0.05) is 12.0 Å². The van der Waals surface area contributed by atoms with Crippen LogP contribution in [0.2, 0.25) is 0 Å². The van der Waals surface area contributed by atoms with Crippen LogP contribution in [0.5, 0.6) is 0 Å². The highest BCUT2D eigenvalue weighted by molar-refractivity contribution is 5.95. The average molecular weight is 275 g/mol. The molecule has 0 saturated heterocycles. The van der Waals surface area contributed by atoms with Crippen molar-refractivity contribution in [2.45, 2.75) is 25.9 Å². The average Bonchev–Trinajstić information content (AvgIpc) is 3.04. The Hall–Kier alpha value is -2.57. The van der Waals surface area contributed by atoms with E-state index in [4.69, 9.17) is 4.42 Å². The zero-order chi connectivity index (χ0) is 14.3. The lowest BCUT2D eigenvalue weighted by molar-refractivity contribution is -0.142. The largest absolute Gasteiger partial charge is 0.480 e. The number of hydrogen-bond donors (Lipinski definition) is 2. The molecule has 1 aliphatic rings. The van der Waals surface area contributed by atoms with E-state index in [1.54, 1.807) is 13.0 Å². The third kappa shape index (κ3) is 1.87. The molecule has 3 heterocycles. The van der Waals surface area contributed by atoms with Gasteiger partial charge in [-0.25, -0.2) is 9.78 Å². The maximum absolute atomic E-state index is 12.5. The fourth-order valence-corrected chi connectivity index (χ4v) is 2.39. The third-order valence-electron chi connectivity index (χ3n) is 3.50. The van der Waals surface area contributed by atoms with Gasteiger partial charge in [-0.05, 0) is 13.0 Å². The number of aromatic amines is 1. The monoisotopic (exact) mass is 275 g/mol. The minimum atomic E-state index is -1.05. The highest BCUT2D eigenvalue weighted by atomic mass is 16.4. The van der Waals surface area contributed by atoms with Crippen LogP contribution in [0.3, 0.4) is 0 Å². The number of rotatable bonds is 2. The maximum atomic E-state index is 12.5. The molecule has 3 rings (SSSR count). The van der Waals surface area contributed by atoms with Crippen molar-refractivity contribution in [3.05, 3.63) is 41.4 Å². The molecule has 104 valence electrons. The number of carboxylic acids is 1. The van der Waals surface area contributed by atoms with Crippen molar-refractivity contribution in [2.24, 2.45) is 0 Å². The van der Waals surface area contributed by atoms with Gasteiger partial charge in [0.2, 0.25) is 0 Å². The van der Waals surface area contributed by atoms with E-state index >= 15 is 0 Å². The molecule has 2 N–H and O–H groups in total. The van der Waals surface area contributed by atoms with E-state index in [0.717, 1.165) is 5.69 Å². The summed E-state index contributed by atoms with van der Waals surface area (Å²) in [4.78, 5) is 32.2. The van der Waals surface area contributed by atoms with Crippen molar-refractivity contribution in [3.63, 3.8) is 0 Å². The van der Waals surface area contributed by atoms with E-state index in [-0.39, 0.29) is 18.7 Å². The zero-order valence-corrected chi connectivity index (χ0v) is 10.8. The Morgan fingerprint density at radius 3 is 3.00 bits per heavy atom. The standard InChI is InChI=1S/C13H13N3O4/c1-7-2-3-20-11(7)12(17)16-5-9-8(14-6-15-9)4-10(16)13(18)19/h2-3,6,10H,4-5H2,1H3,(H,14,15)(H,18,19). The van der Waals surface area contributed by atoms with Gasteiger partial charge in [-0.1, -0.05) is 0 Å². The van der Waals surface area contributed by atoms with Crippen molar-refractivity contribution in [1.82, 2.24) is 14.9 Å². The number of aromatic nitrogens is 2. The van der Waals surface area contributed by atoms with Crippen LogP contribution in [0, 0.1) is 6.92 Å². The number of amides is 1. The summed E-state index contributed by atoms with van der Waals surface area (Å²) in [5, 5.41) is 9.32. The molecule has 0 aliphatic carbocycles. The van der Waals surface area contributed by atoms with E-state index in [1.165, 1.54) is 17.5 Å². The summed E-state index contributed by atoms with van der Waals surface area (Å²) < 4.78 is 5.17. The van der Waals surface area contributed by atoms with E-state index in [0.29, 0.717) is 11.3 Å². The quantitative estimate of drug-likeness (QED) is 0.850. The fourth-order valence-electron chi connectivity index (χ4n) is 2.39. The Kier molecular flexibility index (Phi) is 2.81. The lowest BCUT2D eigenvalue weighted by Crippen LogP contribution is -2.48. The van der Waals surface area contributed by atoms with Gasteiger partial charge in [0.1, 0.15) is 6.04 Å². The van der Waals surface area contributed by atoms with Gasteiger partial charge in [-0.15, -0.1) is 0 Å². The lowest BCUT2D eigenvalue weighted by Gasteiger charge is -2.31. The molecule has 2 aromatic heterocycles. The van der Waals surface area contributed by atoms with E-state index in [9.17, 15) is 14.7 Å². The number of aliphatic carboxylic acids is 1. The number of hydrogen-bond acceptors (Lipinski definition) is 4. The molecule has 1 atom stereocenters. The molecule has 1 amide bonds. The van der Waals surface area contributed by atoms with E-state index in [1.807, 2.05) is 0 Å². The Bertz CT molecular complexity index is 673. The zero-order valence-electron chi connectivity index (χ0n) is 10.8. The van der Waals surface area contributed by atoms with Crippen LogP contribution in [0.25, 0.3) is 0 Å². The Morgan fingerprint density at radius 1 is 1.55 bits per heavy atom. The molecule has 7 nitrogen and oxygen atoms in total. The predicted molar refractivity (Wildman–Crippen MR) is 67.0 cm³/mol. The van der Waals surface area contributed by atoms with Crippen LogP contribution < -0.4 is 0 Å². The highest BCUT2D eigenvalue weighted by Crippen LogP contribution is 2.24. The minimum absolute atomic E-state index is 0.180. The van der Waals surface area contributed by atoms with Crippen LogP contribution in [0.15, 0.2) is 23.1 Å². The third-order valence-corrected chi connectivity index (χ3v) is 3.50. The molecular weight excluding hydrogens is 262 g/mol. The number of imidazole rings is 1. The molecule has 0 aromatic carbocycles. The Labute approximate surface area is 114 Å². The summed E-state index contributed by atoms with van der Waals surface area (Å²) >= 11 is 0. The normalized spacial score (nSPS) is 17.9. The summed E-state index contributed by atoms with van der Waals surface area (Å²) in [5.74, 6) is -1.28. The van der Waals surface area contributed by atoms with Crippen LogP contribution in [0.4, 0.5) is 0 Å².